The molecule has 20 aromatic carbocycles. The topological polar surface area (TPSA) is 44.5 Å². The number of benzene rings is 20. The molecule has 0 amide bonds. The Balaban J connectivity index is 0.893. The average Bonchev–Trinajstić information content (AvgIpc) is 1.52. The molecule has 4 heterocycles. The van der Waals surface area contributed by atoms with Crippen LogP contribution in [0.5, 0.6) is 0 Å². The zero-order chi connectivity index (χ0) is 85.6. The summed E-state index contributed by atoms with van der Waals surface area (Å²) in [5.41, 5.74) is 40.0. The van der Waals surface area contributed by atoms with E-state index in [0.717, 1.165) is 206 Å². The molecule has 7 heteroatoms. The molecule has 0 N–H and O–H groups in total. The van der Waals surface area contributed by atoms with Crippen molar-refractivity contribution < 1.29 is 0 Å². The van der Waals surface area contributed by atoms with Crippen LogP contribution >= 0.6 is 0 Å². The molecular weight excluding hydrogens is 1560 g/mol. The molecule has 2 aliphatic heterocycles. The number of aromatic nitrogens is 2. The lowest BCUT2D eigenvalue weighted by Gasteiger charge is -2.46. The van der Waals surface area contributed by atoms with Gasteiger partial charge in [-0.2, -0.15) is 5.26 Å². The molecule has 0 atom stereocenters. The average molecular weight is 1640 g/mol. The van der Waals surface area contributed by atoms with Gasteiger partial charge in [-0.05, 0) is 238 Å². The maximum atomic E-state index is 10.5. The fraction of sp³-hybridized carbons (Fsp3) is 0. The summed E-state index contributed by atoms with van der Waals surface area (Å²) in [5, 5.41) is 15.2. The van der Waals surface area contributed by atoms with Crippen molar-refractivity contribution in [3.05, 3.63) is 484 Å². The highest BCUT2D eigenvalue weighted by Crippen LogP contribution is 2.57. The fourth-order valence-corrected chi connectivity index (χ4v) is 20.3. The van der Waals surface area contributed by atoms with Crippen LogP contribution in [0.3, 0.4) is 0 Å². The molecule has 0 spiro atoms. The van der Waals surface area contributed by atoms with Crippen LogP contribution in [0, 0.1) is 17.9 Å². The Morgan fingerprint density at radius 3 is 0.814 bits per heavy atom. The normalized spacial score (nSPS) is 12.0. The molecule has 598 valence electrons. The zero-order valence-corrected chi connectivity index (χ0v) is 70.2. The van der Waals surface area contributed by atoms with Crippen molar-refractivity contribution >= 4 is 107 Å². The number of fused-ring (bicyclic) bond motifs is 10. The minimum Gasteiger partial charge on any atom is -0.310 e. The molecular formula is C122H77BN6. The largest absolute Gasteiger partial charge is 0.310 e. The van der Waals surface area contributed by atoms with Gasteiger partial charge in [0, 0.05) is 77.9 Å². The van der Waals surface area contributed by atoms with Gasteiger partial charge in [-0.1, -0.05) is 346 Å². The SMILES string of the molecule is [C-]#[N+]c1ccc(-c2cc(-c3cccc(-c4ccccc4)c3)c(N3c4cc(-n5c6ccccc6c6ccccc65)ccc4B4c5ccc(-n6c7ccccc7c7ccccc76)cc5N(c5c(-c6cccc(-c7ccccc7)c6)cc(-c6ccc(C#N)cc6)cc5-c5cccc(-c6ccccc6)c5)c5cc(-c6ccccc6)cc3c54)c(-c3cccc(-c4ccccc4)c3)c2)cc1. The maximum Gasteiger partial charge on any atom is 0.252 e. The van der Waals surface area contributed by atoms with E-state index in [1.807, 2.05) is 24.3 Å². The molecule has 24 rings (SSSR count). The van der Waals surface area contributed by atoms with Crippen LogP contribution in [0.25, 0.3) is 182 Å². The Kier molecular flexibility index (Phi) is 18.4. The molecule has 22 aromatic rings. The third-order valence-electron chi connectivity index (χ3n) is 26.3. The van der Waals surface area contributed by atoms with E-state index in [0.29, 0.717) is 11.3 Å². The second-order valence-corrected chi connectivity index (χ2v) is 33.6. The van der Waals surface area contributed by atoms with Crippen LogP contribution in [0.2, 0.25) is 0 Å². The molecule has 129 heavy (non-hydrogen) atoms. The van der Waals surface area contributed by atoms with Crippen molar-refractivity contribution in [3.63, 3.8) is 0 Å². The summed E-state index contributed by atoms with van der Waals surface area (Å²) in [6.45, 7) is 7.82. The Hall–Kier alpha value is -17.4. The summed E-state index contributed by atoms with van der Waals surface area (Å²) >= 11 is 0. The third kappa shape index (κ3) is 13.0. The Labute approximate surface area is 749 Å². The first-order valence-corrected chi connectivity index (χ1v) is 44.0. The van der Waals surface area contributed by atoms with Gasteiger partial charge in [-0.3, -0.25) is 0 Å². The van der Waals surface area contributed by atoms with E-state index in [-0.39, 0.29) is 0 Å². The van der Waals surface area contributed by atoms with Crippen LogP contribution in [0.15, 0.2) is 467 Å². The number of nitriles is 1. The maximum absolute atomic E-state index is 10.5. The van der Waals surface area contributed by atoms with E-state index in [1.165, 1.54) is 21.5 Å². The molecule has 0 radical (unpaired) electrons. The molecule has 0 saturated heterocycles. The van der Waals surface area contributed by atoms with E-state index >= 15 is 0 Å². The summed E-state index contributed by atoms with van der Waals surface area (Å²) < 4.78 is 4.96. The van der Waals surface area contributed by atoms with Crippen molar-refractivity contribution in [2.24, 2.45) is 0 Å². The van der Waals surface area contributed by atoms with Crippen LogP contribution < -0.4 is 26.2 Å². The minimum absolute atomic E-state index is 0.417. The summed E-state index contributed by atoms with van der Waals surface area (Å²) in [4.78, 5) is 9.31. The molecule has 2 aromatic heterocycles. The quantitative estimate of drug-likeness (QED) is 0.0759. The number of hydrogen-bond acceptors (Lipinski definition) is 3. The first-order valence-electron chi connectivity index (χ1n) is 44.0. The van der Waals surface area contributed by atoms with Crippen LogP contribution in [-0.2, 0) is 0 Å². The molecule has 0 aliphatic carbocycles. The Morgan fingerprint density at radius 2 is 0.496 bits per heavy atom. The fourth-order valence-electron chi connectivity index (χ4n) is 20.3. The molecule has 6 nitrogen and oxygen atoms in total. The minimum atomic E-state index is -0.417. The highest BCUT2D eigenvalue weighted by atomic mass is 15.2. The Morgan fingerprint density at radius 1 is 0.225 bits per heavy atom. The molecule has 0 bridgehead atoms. The number of para-hydroxylation sites is 4. The summed E-state index contributed by atoms with van der Waals surface area (Å²) in [7, 11) is 0. The van der Waals surface area contributed by atoms with Gasteiger partial charge in [-0.25, -0.2) is 4.85 Å². The number of anilines is 6. The van der Waals surface area contributed by atoms with Crippen molar-refractivity contribution in [1.29, 1.82) is 5.26 Å². The van der Waals surface area contributed by atoms with Crippen molar-refractivity contribution in [3.8, 4) is 140 Å². The standard InChI is InChI=1S/C122H77BN6/c1-125-99-61-59-87(60-62-99)97-73-108(94-45-27-41-90(69-94)83-33-11-4-12-34-83)122(109(74-97)95-46-28-42-91(70-95)84-35-13-5-14-36-84)129-117-78-101(127-114-53-23-19-49-104(114)105-50-20-24-54-115(105)127)64-66-111(117)123-110-65-63-100(126-112-51-21-17-47-102(112)103-48-18-22-52-113(103)126)77-116(110)128(118-75-98(76-119(129)120(118)123)85-37-15-6-16-38-85)121-106(92-43-25-39-88(67-92)81-29-7-2-8-30-81)71-96(86-57-55-80(79-124)56-58-86)72-107(121)93-44-26-40-89(68-93)82-31-9-3-10-32-82/h2-78H. The first-order chi connectivity index (χ1) is 63.9. The number of nitrogens with zero attached hydrogens (tertiary/aromatic N) is 6. The summed E-state index contributed by atoms with van der Waals surface area (Å²) in [6.07, 6.45) is 0. The monoisotopic (exact) mass is 1640 g/mol. The molecule has 0 unspecified atom stereocenters. The smallest absolute Gasteiger partial charge is 0.252 e. The predicted molar refractivity (Wildman–Crippen MR) is 540 cm³/mol. The lowest BCUT2D eigenvalue weighted by atomic mass is 9.33. The number of hydrogen-bond donors (Lipinski definition) is 0. The highest BCUT2D eigenvalue weighted by molar-refractivity contribution is 7.00. The van der Waals surface area contributed by atoms with Crippen molar-refractivity contribution in [2.45, 2.75) is 0 Å². The third-order valence-corrected chi connectivity index (χ3v) is 26.3. The lowest BCUT2D eigenvalue weighted by Crippen LogP contribution is -2.61. The summed E-state index contributed by atoms with van der Waals surface area (Å²) in [6, 6.07) is 174. The van der Waals surface area contributed by atoms with Gasteiger partial charge in [-0.15, -0.1) is 0 Å². The van der Waals surface area contributed by atoms with Gasteiger partial charge in [0.15, 0.2) is 5.69 Å². The van der Waals surface area contributed by atoms with E-state index in [9.17, 15) is 5.26 Å². The van der Waals surface area contributed by atoms with Crippen molar-refractivity contribution in [2.75, 3.05) is 9.80 Å². The van der Waals surface area contributed by atoms with Gasteiger partial charge in [0.05, 0.1) is 51.6 Å². The van der Waals surface area contributed by atoms with E-state index in [2.05, 4.69) is 473 Å². The molecule has 0 saturated carbocycles. The van der Waals surface area contributed by atoms with Gasteiger partial charge in [0.2, 0.25) is 0 Å². The van der Waals surface area contributed by atoms with E-state index in [1.54, 1.807) is 0 Å². The van der Waals surface area contributed by atoms with E-state index < -0.39 is 6.71 Å². The van der Waals surface area contributed by atoms with Gasteiger partial charge in [0.1, 0.15) is 0 Å². The Bertz CT molecular complexity index is 7530. The van der Waals surface area contributed by atoms with Gasteiger partial charge in [0.25, 0.3) is 6.71 Å². The van der Waals surface area contributed by atoms with Crippen LogP contribution in [0.1, 0.15) is 5.56 Å². The second-order valence-electron chi connectivity index (χ2n) is 33.6. The highest BCUT2D eigenvalue weighted by Gasteiger charge is 2.46. The first kappa shape index (κ1) is 75.4. The zero-order valence-electron chi connectivity index (χ0n) is 70.2. The molecule has 0 fully saturated rings. The lowest BCUT2D eigenvalue weighted by molar-refractivity contribution is 1.17. The number of rotatable bonds is 15. The molecule has 2 aliphatic rings. The second kappa shape index (κ2) is 31.5. The van der Waals surface area contributed by atoms with Gasteiger partial charge >= 0.3 is 0 Å². The van der Waals surface area contributed by atoms with Crippen LogP contribution in [-0.4, -0.2) is 15.8 Å². The summed E-state index contributed by atoms with van der Waals surface area (Å²) in [5.74, 6) is 0. The van der Waals surface area contributed by atoms with Gasteiger partial charge < -0.3 is 18.9 Å². The van der Waals surface area contributed by atoms with Crippen LogP contribution in [0.4, 0.5) is 39.8 Å². The van der Waals surface area contributed by atoms with E-state index in [4.69, 9.17) is 6.57 Å². The van der Waals surface area contributed by atoms with Crippen molar-refractivity contribution in [1.82, 2.24) is 9.13 Å². The predicted octanol–water partition coefficient (Wildman–Crippen LogP) is 30.7.